The van der Waals surface area contributed by atoms with Gasteiger partial charge in [0.05, 0.1) is 15.2 Å². The van der Waals surface area contributed by atoms with Crippen LogP contribution in [0.15, 0.2) is 24.3 Å². The molecule has 4 nitrogen and oxygen atoms in total. The van der Waals surface area contributed by atoms with Crippen molar-refractivity contribution in [2.45, 2.75) is 19.3 Å². The number of hydrogen-bond acceptors (Lipinski definition) is 4. The number of para-hydroxylation sites is 1. The van der Waals surface area contributed by atoms with E-state index in [1.54, 1.807) is 11.3 Å². The zero-order chi connectivity index (χ0) is 13.8. The monoisotopic (exact) mass is 325 g/mol. The van der Waals surface area contributed by atoms with E-state index in [1.165, 1.54) is 4.70 Å². The van der Waals surface area contributed by atoms with E-state index in [0.29, 0.717) is 6.42 Å². The van der Waals surface area contributed by atoms with Crippen LogP contribution in [0, 0.1) is 0 Å². The van der Waals surface area contributed by atoms with Crippen molar-refractivity contribution in [3.8, 4) is 0 Å². The van der Waals surface area contributed by atoms with Crippen molar-refractivity contribution >= 4 is 39.9 Å². The highest BCUT2D eigenvalue weighted by molar-refractivity contribution is 7.18. The molecule has 2 heterocycles. The number of aromatic nitrogens is 1. The number of amides is 1. The van der Waals surface area contributed by atoms with Gasteiger partial charge < -0.3 is 10.2 Å². The predicted octanol–water partition coefficient (Wildman–Crippen LogP) is 2.47. The van der Waals surface area contributed by atoms with Crippen molar-refractivity contribution in [3.63, 3.8) is 0 Å². The fraction of sp³-hybridized carbons (Fsp3) is 0.467. The molecule has 0 aliphatic carbocycles. The lowest BCUT2D eigenvalue weighted by atomic mass is 10.2. The van der Waals surface area contributed by atoms with E-state index in [-0.39, 0.29) is 18.3 Å². The highest BCUT2D eigenvalue weighted by atomic mass is 35.5. The van der Waals surface area contributed by atoms with E-state index < -0.39 is 0 Å². The van der Waals surface area contributed by atoms with Gasteiger partial charge in [0.15, 0.2) is 0 Å². The minimum atomic E-state index is 0. The lowest BCUT2D eigenvalue weighted by Gasteiger charge is -2.27. The molecule has 2 aromatic rings. The zero-order valence-electron chi connectivity index (χ0n) is 11.9. The van der Waals surface area contributed by atoms with Crippen molar-refractivity contribution in [1.82, 2.24) is 15.2 Å². The first-order chi connectivity index (χ1) is 9.83. The molecule has 1 aromatic carbocycles. The number of carbonyl (C=O) groups excluding carboxylic acids is 1. The Morgan fingerprint density at radius 3 is 2.81 bits per heavy atom. The van der Waals surface area contributed by atoms with Crippen LogP contribution in [0.25, 0.3) is 10.2 Å². The Bertz CT molecular complexity index is 562. The molecule has 21 heavy (non-hydrogen) atoms. The Kier molecular flexibility index (Phi) is 5.96. The van der Waals surface area contributed by atoms with Crippen molar-refractivity contribution in [2.24, 2.45) is 0 Å². The highest BCUT2D eigenvalue weighted by Gasteiger charge is 2.15. The molecule has 0 radical (unpaired) electrons. The summed E-state index contributed by atoms with van der Waals surface area (Å²) in [6.07, 6.45) is 2.43. The average Bonchev–Trinajstić information content (AvgIpc) is 2.90. The van der Waals surface area contributed by atoms with Crippen LogP contribution in [0.3, 0.4) is 0 Å². The third-order valence-corrected chi connectivity index (χ3v) is 4.69. The number of thiazole rings is 1. The minimum absolute atomic E-state index is 0. The summed E-state index contributed by atoms with van der Waals surface area (Å²) in [5.74, 6) is 0.285. The molecule has 0 atom stereocenters. The molecule has 114 valence electrons. The number of nitrogens with one attached hydrogen (secondary N) is 1. The van der Waals surface area contributed by atoms with Crippen LogP contribution in [-0.4, -0.2) is 42.0 Å². The zero-order valence-corrected chi connectivity index (χ0v) is 13.5. The van der Waals surface area contributed by atoms with Crippen LogP contribution in [0.2, 0.25) is 0 Å². The summed E-state index contributed by atoms with van der Waals surface area (Å²) in [6, 6.07) is 8.20. The molecule has 0 bridgehead atoms. The Hall–Kier alpha value is -1.17. The summed E-state index contributed by atoms with van der Waals surface area (Å²) >= 11 is 1.74. The molecule has 1 saturated heterocycles. The van der Waals surface area contributed by atoms with Crippen LogP contribution in [0.1, 0.15) is 17.8 Å². The number of fused-ring (bicyclic) bond motifs is 1. The van der Waals surface area contributed by atoms with Gasteiger partial charge in [-0.3, -0.25) is 4.79 Å². The summed E-state index contributed by atoms with van der Waals surface area (Å²) in [6.45, 7) is 3.53. The maximum Gasteiger partial charge on any atom is 0.222 e. The Morgan fingerprint density at radius 2 is 2.05 bits per heavy atom. The lowest BCUT2D eigenvalue weighted by Crippen LogP contribution is -2.46. The van der Waals surface area contributed by atoms with Gasteiger partial charge >= 0.3 is 0 Å². The Labute approximate surface area is 135 Å². The predicted molar refractivity (Wildman–Crippen MR) is 89.3 cm³/mol. The van der Waals surface area contributed by atoms with Gasteiger partial charge in [-0.15, -0.1) is 23.7 Å². The number of benzene rings is 1. The van der Waals surface area contributed by atoms with Crippen LogP contribution in [-0.2, 0) is 11.2 Å². The van der Waals surface area contributed by atoms with Crippen molar-refractivity contribution in [3.05, 3.63) is 29.3 Å². The molecule has 1 amide bonds. The van der Waals surface area contributed by atoms with Gasteiger partial charge in [0.25, 0.3) is 0 Å². The molecule has 0 spiro atoms. The van der Waals surface area contributed by atoms with Gasteiger partial charge in [-0.1, -0.05) is 12.1 Å². The van der Waals surface area contributed by atoms with Gasteiger partial charge in [-0.2, -0.15) is 0 Å². The van der Waals surface area contributed by atoms with E-state index in [1.807, 2.05) is 23.1 Å². The first-order valence-electron chi connectivity index (χ1n) is 7.16. The second kappa shape index (κ2) is 7.73. The summed E-state index contributed by atoms with van der Waals surface area (Å²) in [5, 5.41) is 4.40. The summed E-state index contributed by atoms with van der Waals surface area (Å²) in [5.41, 5.74) is 1.07. The molecular weight excluding hydrogens is 306 g/mol. The number of nitrogens with zero attached hydrogens (tertiary/aromatic N) is 2. The molecule has 1 aromatic heterocycles. The van der Waals surface area contributed by atoms with Gasteiger partial charge in [0, 0.05) is 32.6 Å². The maximum absolute atomic E-state index is 12.0. The largest absolute Gasteiger partial charge is 0.340 e. The summed E-state index contributed by atoms with van der Waals surface area (Å²) < 4.78 is 1.23. The standard InChI is InChI=1S/C15H19N3OS.ClH/c19-15(18-10-8-16-9-11-18)7-3-6-14-17-12-4-1-2-5-13(12)20-14;/h1-2,4-5,16H,3,6-11H2;1H. The average molecular weight is 326 g/mol. The van der Waals surface area contributed by atoms with E-state index in [4.69, 9.17) is 0 Å². The molecule has 1 aliphatic heterocycles. The van der Waals surface area contributed by atoms with Crippen molar-refractivity contribution in [2.75, 3.05) is 26.2 Å². The topological polar surface area (TPSA) is 45.2 Å². The van der Waals surface area contributed by atoms with Crippen LogP contribution in [0.5, 0.6) is 0 Å². The normalized spacial score (nSPS) is 15.0. The van der Waals surface area contributed by atoms with Crippen molar-refractivity contribution in [1.29, 1.82) is 0 Å². The molecule has 1 N–H and O–H groups in total. The summed E-state index contributed by atoms with van der Waals surface area (Å²) in [4.78, 5) is 18.6. The minimum Gasteiger partial charge on any atom is -0.340 e. The molecule has 0 saturated carbocycles. The van der Waals surface area contributed by atoms with E-state index in [2.05, 4.69) is 16.4 Å². The number of carbonyl (C=O) groups is 1. The van der Waals surface area contributed by atoms with Crippen LogP contribution in [0.4, 0.5) is 0 Å². The number of piperazine rings is 1. The second-order valence-electron chi connectivity index (χ2n) is 5.06. The number of halogens is 1. The molecular formula is C15H20ClN3OS. The number of rotatable bonds is 4. The van der Waals surface area contributed by atoms with E-state index in [9.17, 15) is 4.79 Å². The molecule has 0 unspecified atom stereocenters. The third kappa shape index (κ3) is 4.15. The first-order valence-corrected chi connectivity index (χ1v) is 7.97. The maximum atomic E-state index is 12.0. The number of hydrogen-bond donors (Lipinski definition) is 1. The third-order valence-electron chi connectivity index (χ3n) is 3.59. The molecule has 6 heteroatoms. The van der Waals surface area contributed by atoms with Crippen molar-refractivity contribution < 1.29 is 4.79 Å². The Morgan fingerprint density at radius 1 is 1.29 bits per heavy atom. The smallest absolute Gasteiger partial charge is 0.222 e. The first kappa shape index (κ1) is 16.2. The van der Waals surface area contributed by atoms with Gasteiger partial charge in [-0.05, 0) is 25.0 Å². The molecule has 1 fully saturated rings. The van der Waals surface area contributed by atoms with Gasteiger partial charge in [0.1, 0.15) is 0 Å². The van der Waals surface area contributed by atoms with E-state index in [0.717, 1.165) is 49.5 Å². The van der Waals surface area contributed by atoms with Gasteiger partial charge in [-0.25, -0.2) is 4.98 Å². The second-order valence-corrected chi connectivity index (χ2v) is 6.17. The van der Waals surface area contributed by atoms with Crippen LogP contribution >= 0.6 is 23.7 Å². The van der Waals surface area contributed by atoms with E-state index >= 15 is 0 Å². The quantitative estimate of drug-likeness (QED) is 0.939. The highest BCUT2D eigenvalue weighted by Crippen LogP contribution is 2.22. The fourth-order valence-corrected chi connectivity index (χ4v) is 3.50. The molecule has 1 aliphatic rings. The fourth-order valence-electron chi connectivity index (χ4n) is 2.49. The van der Waals surface area contributed by atoms with Gasteiger partial charge in [0.2, 0.25) is 5.91 Å². The Balaban J connectivity index is 0.00000161. The SMILES string of the molecule is Cl.O=C(CCCc1nc2ccccc2s1)N1CCNCC1. The lowest BCUT2D eigenvalue weighted by molar-refractivity contribution is -0.131. The molecule has 3 rings (SSSR count). The van der Waals surface area contributed by atoms with Crippen LogP contribution < -0.4 is 5.32 Å². The number of aryl methyl sites for hydroxylation is 1. The summed E-state index contributed by atoms with van der Waals surface area (Å²) in [7, 11) is 0.